The first-order valence-corrected chi connectivity index (χ1v) is 17.2. The third-order valence-electron chi connectivity index (χ3n) is 9.64. The minimum absolute atomic E-state index is 0.0134. The van der Waals surface area contributed by atoms with Gasteiger partial charge < -0.3 is 26.2 Å². The number of amides is 7. The fourth-order valence-electron chi connectivity index (χ4n) is 6.37. The van der Waals surface area contributed by atoms with E-state index in [2.05, 4.69) is 27.8 Å². The zero-order chi connectivity index (χ0) is 36.1. The van der Waals surface area contributed by atoms with Gasteiger partial charge in [0.2, 0.25) is 29.4 Å². The van der Waals surface area contributed by atoms with E-state index in [0.717, 1.165) is 12.8 Å². The lowest BCUT2D eigenvalue weighted by Gasteiger charge is -2.38. The number of nitrogens with one attached hydrogen (secondary N) is 4. The quantitative estimate of drug-likeness (QED) is 0.124. The van der Waals surface area contributed by atoms with E-state index in [1.54, 1.807) is 0 Å². The molecule has 1 aliphatic carbocycles. The molecule has 5 atom stereocenters. The Kier molecular flexibility index (Phi) is 12.6. The second-order valence-electron chi connectivity index (χ2n) is 16.0. The van der Waals surface area contributed by atoms with Crippen LogP contribution in [0.5, 0.6) is 0 Å². The van der Waals surface area contributed by atoms with Crippen LogP contribution in [0.25, 0.3) is 0 Å². The number of carbonyl (C=O) groups excluding carboxylic acids is 7. The predicted octanol–water partition coefficient (Wildman–Crippen LogP) is 2.29. The number of carbonyl (C=O) groups is 7. The van der Waals surface area contributed by atoms with Crippen LogP contribution in [0.1, 0.15) is 93.9 Å². The van der Waals surface area contributed by atoms with E-state index in [-0.39, 0.29) is 62.0 Å². The highest BCUT2D eigenvalue weighted by Crippen LogP contribution is 2.36. The average Bonchev–Trinajstić information content (AvgIpc) is 3.59. The summed E-state index contributed by atoms with van der Waals surface area (Å²) in [6.07, 6.45) is 4.47. The Hall–Kier alpha value is -3.77. The zero-order valence-corrected chi connectivity index (χ0v) is 29.9. The number of hydrogen-bond donors (Lipinski definition) is 4. The Morgan fingerprint density at radius 3 is 2.00 bits per heavy atom. The van der Waals surface area contributed by atoms with Crippen molar-refractivity contribution in [1.82, 2.24) is 31.1 Å². The zero-order valence-electron chi connectivity index (χ0n) is 29.9. The fourth-order valence-corrected chi connectivity index (χ4v) is 6.37. The Bertz CT molecular complexity index is 1260. The Labute approximate surface area is 284 Å². The minimum atomic E-state index is -1.04. The molecule has 3 aliphatic rings. The molecule has 7 amide bonds. The molecule has 48 heavy (non-hydrogen) atoms. The van der Waals surface area contributed by atoms with Gasteiger partial charge in [0.1, 0.15) is 12.1 Å². The molecule has 0 bridgehead atoms. The van der Waals surface area contributed by atoms with Crippen molar-refractivity contribution in [3.8, 4) is 0 Å². The second kappa shape index (κ2) is 15.6. The molecule has 1 saturated carbocycles. The summed E-state index contributed by atoms with van der Waals surface area (Å²) in [5, 5.41) is 11.1. The smallest absolute Gasteiger partial charge is 0.315 e. The molecule has 0 aromatic heterocycles. The van der Waals surface area contributed by atoms with Crippen molar-refractivity contribution in [2.45, 2.75) is 118 Å². The van der Waals surface area contributed by atoms with Crippen molar-refractivity contribution in [1.29, 1.82) is 0 Å². The van der Waals surface area contributed by atoms with Crippen molar-refractivity contribution in [2.75, 3.05) is 19.6 Å². The number of urea groups is 1. The summed E-state index contributed by atoms with van der Waals surface area (Å²) in [6.45, 7) is 19.0. The van der Waals surface area contributed by atoms with Gasteiger partial charge in [-0.3, -0.25) is 33.7 Å². The molecule has 3 rings (SSSR count). The van der Waals surface area contributed by atoms with Crippen LogP contribution in [0, 0.1) is 28.6 Å². The highest BCUT2D eigenvalue weighted by molar-refractivity contribution is 6.38. The van der Waals surface area contributed by atoms with Gasteiger partial charge in [-0.15, -0.1) is 6.58 Å². The lowest BCUT2D eigenvalue weighted by molar-refractivity contribution is -0.144. The summed E-state index contributed by atoms with van der Waals surface area (Å²) in [6, 6.07) is -4.20. The molecule has 13 nitrogen and oxygen atoms in total. The van der Waals surface area contributed by atoms with Crippen LogP contribution in [0.4, 0.5) is 4.79 Å². The Morgan fingerprint density at radius 1 is 0.896 bits per heavy atom. The third-order valence-corrected chi connectivity index (χ3v) is 9.64. The summed E-state index contributed by atoms with van der Waals surface area (Å²) < 4.78 is 0. The van der Waals surface area contributed by atoms with Crippen LogP contribution in [0.3, 0.4) is 0 Å². The van der Waals surface area contributed by atoms with Gasteiger partial charge in [0, 0.05) is 32.5 Å². The SMILES string of the molecule is C=CCNC(=O)C(=O)C(CC1CC1)NC(=O)[C@@H]1[C@@H](C(C)C)CCN1C(=O)[C@@H](NC(=O)N[C@H](CN1C(=O)CCC1=O)C(C)(C)C)C(C)(C)C. The molecule has 0 radical (unpaired) electrons. The maximum atomic E-state index is 14.4. The van der Waals surface area contributed by atoms with Gasteiger partial charge in [0.15, 0.2) is 0 Å². The molecule has 2 heterocycles. The van der Waals surface area contributed by atoms with Crippen LogP contribution in [-0.4, -0.2) is 95.0 Å². The van der Waals surface area contributed by atoms with Crippen molar-refractivity contribution in [3.05, 3.63) is 12.7 Å². The molecule has 0 spiro atoms. The van der Waals surface area contributed by atoms with E-state index in [9.17, 15) is 33.6 Å². The monoisotopic (exact) mass is 672 g/mol. The third kappa shape index (κ3) is 9.88. The van der Waals surface area contributed by atoms with Gasteiger partial charge in [-0.25, -0.2) is 4.79 Å². The van der Waals surface area contributed by atoms with Crippen LogP contribution in [0.2, 0.25) is 0 Å². The van der Waals surface area contributed by atoms with E-state index in [1.807, 2.05) is 55.4 Å². The van der Waals surface area contributed by atoms with Gasteiger partial charge in [0.05, 0.1) is 12.1 Å². The van der Waals surface area contributed by atoms with Gasteiger partial charge in [-0.05, 0) is 41.4 Å². The van der Waals surface area contributed by atoms with Crippen LogP contribution < -0.4 is 21.3 Å². The van der Waals surface area contributed by atoms with Gasteiger partial charge in [-0.1, -0.05) is 74.3 Å². The molecule has 0 aromatic rings. The Balaban J connectivity index is 1.82. The highest BCUT2D eigenvalue weighted by atomic mass is 16.2. The number of ketones is 1. The topological polar surface area (TPSA) is 174 Å². The molecule has 268 valence electrons. The van der Waals surface area contributed by atoms with Gasteiger partial charge >= 0.3 is 6.03 Å². The number of imide groups is 1. The normalized spacial score (nSPS) is 21.9. The van der Waals surface area contributed by atoms with Crippen LogP contribution in [0.15, 0.2) is 12.7 Å². The summed E-state index contributed by atoms with van der Waals surface area (Å²) in [5.74, 6) is -2.98. The predicted molar refractivity (Wildman–Crippen MR) is 180 cm³/mol. The molecule has 13 heteroatoms. The maximum absolute atomic E-state index is 14.4. The number of likely N-dealkylation sites (tertiary alicyclic amines) is 2. The highest BCUT2D eigenvalue weighted by Gasteiger charge is 2.48. The van der Waals surface area contributed by atoms with E-state index < -0.39 is 64.5 Å². The number of rotatable bonds is 14. The molecule has 2 saturated heterocycles. The lowest BCUT2D eigenvalue weighted by Crippen LogP contribution is -2.62. The minimum Gasteiger partial charge on any atom is -0.346 e. The maximum Gasteiger partial charge on any atom is 0.315 e. The van der Waals surface area contributed by atoms with E-state index in [4.69, 9.17) is 0 Å². The van der Waals surface area contributed by atoms with Gasteiger partial charge in [-0.2, -0.15) is 0 Å². The second-order valence-corrected chi connectivity index (χ2v) is 16.0. The molecule has 0 aromatic carbocycles. The summed E-state index contributed by atoms with van der Waals surface area (Å²) in [5.41, 5.74) is -1.29. The molecule has 1 unspecified atom stereocenters. The fraction of sp³-hybridized carbons (Fsp3) is 0.743. The Morgan fingerprint density at radius 2 is 1.50 bits per heavy atom. The lowest BCUT2D eigenvalue weighted by atomic mass is 9.84. The molecule has 2 aliphatic heterocycles. The first kappa shape index (κ1) is 38.7. The van der Waals surface area contributed by atoms with E-state index in [1.165, 1.54) is 15.9 Å². The summed E-state index contributed by atoms with van der Waals surface area (Å²) in [7, 11) is 0. The largest absolute Gasteiger partial charge is 0.346 e. The van der Waals surface area contributed by atoms with Crippen molar-refractivity contribution in [2.24, 2.45) is 28.6 Å². The van der Waals surface area contributed by atoms with Crippen molar-refractivity contribution < 1.29 is 33.6 Å². The van der Waals surface area contributed by atoms with E-state index in [0.29, 0.717) is 12.8 Å². The first-order chi connectivity index (χ1) is 22.3. The van der Waals surface area contributed by atoms with Gasteiger partial charge in [0.25, 0.3) is 5.91 Å². The molecule has 4 N–H and O–H groups in total. The number of nitrogens with zero attached hydrogens (tertiary/aromatic N) is 2. The van der Waals surface area contributed by atoms with Crippen molar-refractivity contribution in [3.63, 3.8) is 0 Å². The molecular formula is C35H56N6O7. The summed E-state index contributed by atoms with van der Waals surface area (Å²) in [4.78, 5) is 94.9. The number of Topliss-reactive ketones (excluding diaryl/α,β-unsaturated/α-hetero) is 1. The van der Waals surface area contributed by atoms with Crippen LogP contribution in [-0.2, 0) is 28.8 Å². The molecular weight excluding hydrogens is 616 g/mol. The first-order valence-electron chi connectivity index (χ1n) is 17.2. The summed E-state index contributed by atoms with van der Waals surface area (Å²) >= 11 is 0. The van der Waals surface area contributed by atoms with Crippen molar-refractivity contribution >= 4 is 41.4 Å². The molecule has 3 fully saturated rings. The number of hydrogen-bond acceptors (Lipinski definition) is 7. The standard InChI is InChI=1S/C35H56N6O7/c1-10-16-36-31(46)28(44)23(18-21-11-12-21)37-30(45)27-22(20(2)3)15-17-40(27)32(47)29(35(7,8)9)39-33(48)38-24(34(4,5)6)19-41-25(42)13-14-26(41)43/h10,20-24,27,29H,1,11-19H2,2-9H3,(H,36,46)(H,37,45)(H2,38,39,48)/t22-,23?,24-,27+,29-/m1/s1. The van der Waals surface area contributed by atoms with Crippen LogP contribution >= 0.6 is 0 Å². The van der Waals surface area contributed by atoms with E-state index >= 15 is 0 Å². The average molecular weight is 673 g/mol.